The molecule has 0 saturated carbocycles. The summed E-state index contributed by atoms with van der Waals surface area (Å²) in [4.78, 5) is 26.8. The van der Waals surface area contributed by atoms with E-state index in [2.05, 4.69) is 85.6 Å². The van der Waals surface area contributed by atoms with Crippen molar-refractivity contribution in [1.82, 2.24) is 24.7 Å². The summed E-state index contributed by atoms with van der Waals surface area (Å²) in [6.07, 6.45) is 6.92. The lowest BCUT2D eigenvalue weighted by atomic mass is 9.86. The number of carboxylic acid groups (broad SMARTS) is 2. The molecule has 3 aromatic carbocycles. The summed E-state index contributed by atoms with van der Waals surface area (Å²) in [5.74, 6) is -1.92. The number of fused-ring (bicyclic) bond motifs is 2. The van der Waals surface area contributed by atoms with Crippen molar-refractivity contribution < 1.29 is 28.9 Å². The Morgan fingerprint density at radius 3 is 1.75 bits per heavy atom. The van der Waals surface area contributed by atoms with Gasteiger partial charge in [-0.2, -0.15) is 0 Å². The normalized spacial score (nSPS) is 18.6. The van der Waals surface area contributed by atoms with Crippen molar-refractivity contribution in [3.8, 4) is 5.75 Å². The van der Waals surface area contributed by atoms with E-state index in [0.29, 0.717) is 51.3 Å². The number of hydrogen-bond acceptors (Lipinski definition) is 6. The molecule has 53 heavy (non-hydrogen) atoms. The SMILES string of the molecule is COc1cc(F)cc(CN(CCn2ccc3ccc(CC(C(=O)O)C4CCNC4)cc32)CCn2ccc3ccc(CC(C(=O)O)C4CCNC4)cc32)c1. The lowest BCUT2D eigenvalue weighted by molar-refractivity contribution is -0.144. The molecule has 0 bridgehead atoms. The molecular weight excluding hydrogens is 673 g/mol. The summed E-state index contributed by atoms with van der Waals surface area (Å²) in [5.41, 5.74) is 5.01. The second-order valence-electron chi connectivity index (χ2n) is 14.9. The zero-order valence-electron chi connectivity index (χ0n) is 30.3. The molecule has 5 aromatic rings. The summed E-state index contributed by atoms with van der Waals surface area (Å²) in [7, 11) is 1.54. The van der Waals surface area contributed by atoms with E-state index in [1.807, 2.05) is 6.07 Å². The Labute approximate surface area is 309 Å². The molecule has 0 aliphatic carbocycles. The number of nitrogens with zero attached hydrogens (tertiary/aromatic N) is 3. The Bertz CT molecular complexity index is 1930. The van der Waals surface area contributed by atoms with Gasteiger partial charge >= 0.3 is 11.9 Å². The van der Waals surface area contributed by atoms with Crippen LogP contribution >= 0.6 is 0 Å². The molecule has 4 heterocycles. The molecule has 4 N–H and O–H groups in total. The lowest BCUT2D eigenvalue weighted by Crippen LogP contribution is -2.30. The van der Waals surface area contributed by atoms with Crippen molar-refractivity contribution in [2.45, 2.75) is 45.3 Å². The number of methoxy groups -OCH3 is 1. The highest BCUT2D eigenvalue weighted by atomic mass is 19.1. The van der Waals surface area contributed by atoms with Crippen molar-refractivity contribution >= 4 is 33.7 Å². The van der Waals surface area contributed by atoms with Crippen molar-refractivity contribution in [2.75, 3.05) is 46.4 Å². The molecule has 0 spiro atoms. The third-order valence-corrected chi connectivity index (χ3v) is 11.4. The van der Waals surface area contributed by atoms with Gasteiger partial charge in [0, 0.05) is 62.2 Å². The molecule has 280 valence electrons. The number of halogens is 1. The third kappa shape index (κ3) is 8.75. The van der Waals surface area contributed by atoms with Gasteiger partial charge in [-0.15, -0.1) is 0 Å². The number of rotatable bonds is 17. The van der Waals surface area contributed by atoms with E-state index in [1.165, 1.54) is 6.07 Å². The van der Waals surface area contributed by atoms with Gasteiger partial charge < -0.3 is 34.7 Å². The predicted octanol–water partition coefficient (Wildman–Crippen LogP) is 5.65. The van der Waals surface area contributed by atoms with Gasteiger partial charge in [-0.25, -0.2) is 4.39 Å². The number of carbonyl (C=O) groups is 2. The van der Waals surface area contributed by atoms with Crippen LogP contribution in [0.15, 0.2) is 79.1 Å². The Kier molecular flexibility index (Phi) is 11.4. The second kappa shape index (κ2) is 16.5. The molecular formula is C42H50FN5O5. The van der Waals surface area contributed by atoms with Gasteiger partial charge in [-0.3, -0.25) is 14.5 Å². The molecule has 0 amide bonds. The molecule has 7 rings (SSSR count). The van der Waals surface area contributed by atoms with Crippen molar-refractivity contribution in [3.05, 3.63) is 102 Å². The van der Waals surface area contributed by atoms with Crippen LogP contribution in [0.2, 0.25) is 0 Å². The van der Waals surface area contributed by atoms with Crippen molar-refractivity contribution in [3.63, 3.8) is 0 Å². The first-order valence-electron chi connectivity index (χ1n) is 18.8. The number of carboxylic acids is 2. The molecule has 10 nitrogen and oxygen atoms in total. The minimum atomic E-state index is -0.739. The van der Waals surface area contributed by atoms with E-state index in [1.54, 1.807) is 13.2 Å². The number of benzene rings is 3. The molecule has 4 unspecified atom stereocenters. The van der Waals surface area contributed by atoms with Crippen LogP contribution in [0.1, 0.15) is 29.5 Å². The van der Waals surface area contributed by atoms with E-state index in [0.717, 1.165) is 77.5 Å². The fourth-order valence-corrected chi connectivity index (χ4v) is 8.42. The van der Waals surface area contributed by atoms with Crippen LogP contribution in [0, 0.1) is 29.5 Å². The molecule has 4 atom stereocenters. The average molecular weight is 724 g/mol. The van der Waals surface area contributed by atoms with Crippen LogP contribution < -0.4 is 15.4 Å². The van der Waals surface area contributed by atoms with E-state index in [4.69, 9.17) is 4.74 Å². The summed E-state index contributed by atoms with van der Waals surface area (Å²) in [6.45, 7) is 6.50. The van der Waals surface area contributed by atoms with Crippen LogP contribution in [-0.2, 0) is 42.1 Å². The number of aromatic nitrogens is 2. The maximum Gasteiger partial charge on any atom is 0.307 e. The lowest BCUT2D eigenvalue weighted by Gasteiger charge is -2.24. The Morgan fingerprint density at radius 2 is 1.30 bits per heavy atom. The van der Waals surface area contributed by atoms with Crippen molar-refractivity contribution in [2.24, 2.45) is 23.7 Å². The monoisotopic (exact) mass is 723 g/mol. The summed E-state index contributed by atoms with van der Waals surface area (Å²) in [6, 6.07) is 21.5. The first kappa shape index (κ1) is 36.6. The first-order chi connectivity index (χ1) is 25.7. The maximum atomic E-state index is 14.6. The van der Waals surface area contributed by atoms with E-state index in [-0.39, 0.29) is 17.7 Å². The number of hydrogen-bond donors (Lipinski definition) is 4. The molecule has 11 heteroatoms. The average Bonchev–Trinajstić information content (AvgIpc) is 3.98. The van der Waals surface area contributed by atoms with E-state index < -0.39 is 23.8 Å². The van der Waals surface area contributed by atoms with E-state index >= 15 is 0 Å². The first-order valence-corrected chi connectivity index (χ1v) is 18.8. The fourth-order valence-electron chi connectivity index (χ4n) is 8.42. The van der Waals surface area contributed by atoms with Gasteiger partial charge in [-0.05, 0) is 128 Å². The van der Waals surface area contributed by atoms with Crippen molar-refractivity contribution in [1.29, 1.82) is 0 Å². The van der Waals surface area contributed by atoms with Gasteiger partial charge in [0.1, 0.15) is 11.6 Å². The quantitative estimate of drug-likeness (QED) is 0.0972. The molecule has 2 aliphatic heterocycles. The van der Waals surface area contributed by atoms with Gasteiger partial charge in [-0.1, -0.05) is 24.3 Å². The zero-order chi connectivity index (χ0) is 36.9. The van der Waals surface area contributed by atoms with Crippen LogP contribution in [0.4, 0.5) is 4.39 Å². The maximum absolute atomic E-state index is 14.6. The predicted molar refractivity (Wildman–Crippen MR) is 204 cm³/mol. The molecule has 0 radical (unpaired) electrons. The largest absolute Gasteiger partial charge is 0.497 e. The van der Waals surface area contributed by atoms with Gasteiger partial charge in [0.15, 0.2) is 0 Å². The Hall–Kier alpha value is -4.71. The Balaban J connectivity index is 1.09. The minimum Gasteiger partial charge on any atom is -0.497 e. The highest BCUT2D eigenvalue weighted by molar-refractivity contribution is 5.82. The standard InChI is InChI=1S/C42H50FN5O5/c1-53-36-19-30(18-35(43)24-36)27-46(14-16-47-12-8-31-4-2-28(22-39(31)47)20-37(41(49)50)33-6-10-44-25-33)15-17-48-13-9-32-5-3-29(23-40(32)48)21-38(42(51)52)34-7-11-45-26-34/h2-5,8-9,12-13,18-19,22-24,33-34,37-38,44-45H,6-7,10-11,14-17,20-21,25-27H2,1H3,(H,49,50)(H,51,52). The third-order valence-electron chi connectivity index (χ3n) is 11.4. The number of nitrogens with one attached hydrogen (secondary N) is 2. The van der Waals surface area contributed by atoms with Gasteiger partial charge in [0.25, 0.3) is 0 Å². The molecule has 2 fully saturated rings. The van der Waals surface area contributed by atoms with Crippen LogP contribution in [-0.4, -0.2) is 82.6 Å². The van der Waals surface area contributed by atoms with Gasteiger partial charge in [0.05, 0.1) is 18.9 Å². The second-order valence-corrected chi connectivity index (χ2v) is 14.9. The number of aliphatic carboxylic acids is 2. The van der Waals surface area contributed by atoms with Crippen LogP contribution in [0.5, 0.6) is 5.75 Å². The van der Waals surface area contributed by atoms with E-state index in [9.17, 15) is 24.2 Å². The summed E-state index contributed by atoms with van der Waals surface area (Å²) in [5, 5.41) is 28.9. The number of ether oxygens (including phenoxy) is 1. The highest BCUT2D eigenvalue weighted by Crippen LogP contribution is 2.28. The zero-order valence-corrected chi connectivity index (χ0v) is 30.3. The van der Waals surface area contributed by atoms with Crippen LogP contribution in [0.3, 0.4) is 0 Å². The topological polar surface area (TPSA) is 121 Å². The summed E-state index contributed by atoms with van der Waals surface area (Å²) < 4.78 is 24.4. The smallest absolute Gasteiger partial charge is 0.307 e. The fraction of sp³-hybridized carbons (Fsp3) is 0.429. The van der Waals surface area contributed by atoms with Crippen LogP contribution in [0.25, 0.3) is 21.8 Å². The molecule has 2 aromatic heterocycles. The highest BCUT2D eigenvalue weighted by Gasteiger charge is 2.32. The van der Waals surface area contributed by atoms with Gasteiger partial charge in [0.2, 0.25) is 0 Å². The minimum absolute atomic E-state index is 0.130. The molecule has 2 aliphatic rings. The summed E-state index contributed by atoms with van der Waals surface area (Å²) >= 11 is 0. The Morgan fingerprint density at radius 1 is 0.774 bits per heavy atom. The molecule has 2 saturated heterocycles.